The lowest BCUT2D eigenvalue weighted by Gasteiger charge is -2.22. The van der Waals surface area contributed by atoms with Gasteiger partial charge in [-0.15, -0.1) is 0 Å². The largest absolute Gasteiger partial charge is 0.365 e. The van der Waals surface area contributed by atoms with E-state index in [0.29, 0.717) is 11.6 Å². The second kappa shape index (κ2) is 8.82. The van der Waals surface area contributed by atoms with E-state index in [9.17, 15) is 4.79 Å². The van der Waals surface area contributed by atoms with E-state index in [0.717, 1.165) is 37.3 Å². The lowest BCUT2D eigenvalue weighted by atomic mass is 10.1. The third-order valence-corrected chi connectivity index (χ3v) is 3.21. The molecular weight excluding hydrogens is 274 g/mol. The Bertz CT molecular complexity index is 437. The van der Waals surface area contributed by atoms with Crippen molar-refractivity contribution in [3.8, 4) is 0 Å². The maximum absolute atomic E-state index is 11.8. The van der Waals surface area contributed by atoms with Crippen LogP contribution in [0.1, 0.15) is 25.8 Å². The van der Waals surface area contributed by atoms with Gasteiger partial charge in [0.05, 0.1) is 6.54 Å². The Kier molecular flexibility index (Phi) is 7.41. The normalized spacial score (nSPS) is 10.4. The highest BCUT2D eigenvalue weighted by molar-refractivity contribution is 6.30. The number of rotatable bonds is 8. The van der Waals surface area contributed by atoms with Crippen molar-refractivity contribution in [1.82, 2.24) is 10.6 Å². The molecule has 0 unspecified atom stereocenters. The van der Waals surface area contributed by atoms with Gasteiger partial charge in [0.25, 0.3) is 0 Å². The van der Waals surface area contributed by atoms with E-state index < -0.39 is 0 Å². The highest BCUT2D eigenvalue weighted by Gasteiger charge is 2.11. The van der Waals surface area contributed by atoms with Crippen LogP contribution in [-0.2, 0) is 11.3 Å². The van der Waals surface area contributed by atoms with Gasteiger partial charge in [0.2, 0.25) is 5.91 Å². The maximum atomic E-state index is 11.8. The Labute approximate surface area is 126 Å². The molecule has 0 aliphatic heterocycles. The zero-order valence-corrected chi connectivity index (χ0v) is 13.3. The number of nitrogens with zero attached hydrogens (tertiary/aromatic N) is 1. The molecule has 0 bridgehead atoms. The summed E-state index contributed by atoms with van der Waals surface area (Å²) in [4.78, 5) is 13.7. The van der Waals surface area contributed by atoms with E-state index in [1.165, 1.54) is 0 Å². The molecule has 20 heavy (non-hydrogen) atoms. The molecule has 0 radical (unpaired) electrons. The molecule has 0 spiro atoms. The van der Waals surface area contributed by atoms with Crippen molar-refractivity contribution >= 4 is 23.2 Å². The van der Waals surface area contributed by atoms with Crippen molar-refractivity contribution < 1.29 is 4.79 Å². The van der Waals surface area contributed by atoms with Crippen molar-refractivity contribution in [2.75, 3.05) is 31.6 Å². The van der Waals surface area contributed by atoms with Gasteiger partial charge in [-0.05, 0) is 36.7 Å². The number of nitrogens with one attached hydrogen (secondary N) is 2. The summed E-state index contributed by atoms with van der Waals surface area (Å²) in [7, 11) is 1.92. The van der Waals surface area contributed by atoms with Gasteiger partial charge in [-0.2, -0.15) is 0 Å². The number of carbonyl (C=O) groups excluding carboxylic acids is 1. The molecule has 0 fully saturated rings. The van der Waals surface area contributed by atoms with Gasteiger partial charge < -0.3 is 15.5 Å². The Balaban J connectivity index is 2.75. The highest BCUT2D eigenvalue weighted by atomic mass is 35.5. The minimum atomic E-state index is 0.0405. The van der Waals surface area contributed by atoms with Crippen molar-refractivity contribution in [2.24, 2.45) is 0 Å². The summed E-state index contributed by atoms with van der Waals surface area (Å²) in [5.41, 5.74) is 2.13. The number of hydrogen-bond acceptors (Lipinski definition) is 3. The fourth-order valence-electron chi connectivity index (χ4n) is 1.95. The summed E-state index contributed by atoms with van der Waals surface area (Å²) in [5, 5.41) is 6.89. The second-order valence-electron chi connectivity index (χ2n) is 4.76. The van der Waals surface area contributed by atoms with Gasteiger partial charge in [-0.25, -0.2) is 0 Å². The molecule has 1 rings (SSSR count). The molecule has 1 amide bonds. The van der Waals surface area contributed by atoms with Gasteiger partial charge in [-0.1, -0.05) is 25.4 Å². The molecule has 0 saturated heterocycles. The number of hydrogen-bond donors (Lipinski definition) is 2. The first kappa shape index (κ1) is 16.8. The summed E-state index contributed by atoms with van der Waals surface area (Å²) in [5.74, 6) is 0.0405. The molecule has 1 aromatic rings. The van der Waals surface area contributed by atoms with Crippen LogP contribution in [0.5, 0.6) is 0 Å². The Morgan fingerprint density at radius 2 is 2.10 bits per heavy atom. The van der Waals surface area contributed by atoms with Crippen molar-refractivity contribution in [3.63, 3.8) is 0 Å². The second-order valence-corrected chi connectivity index (χ2v) is 5.20. The quantitative estimate of drug-likeness (QED) is 0.774. The molecule has 0 heterocycles. The van der Waals surface area contributed by atoms with Gasteiger partial charge in [-0.3, -0.25) is 4.79 Å². The predicted octanol–water partition coefficient (Wildman–Crippen LogP) is 2.41. The van der Waals surface area contributed by atoms with Crippen LogP contribution in [0.25, 0.3) is 0 Å². The monoisotopic (exact) mass is 297 g/mol. The van der Waals surface area contributed by atoms with Crippen LogP contribution in [-0.4, -0.2) is 32.6 Å². The molecule has 0 aliphatic carbocycles. The molecule has 112 valence electrons. The van der Waals surface area contributed by atoms with Crippen LogP contribution < -0.4 is 15.5 Å². The van der Waals surface area contributed by atoms with E-state index in [-0.39, 0.29) is 5.91 Å². The van der Waals surface area contributed by atoms with Crippen molar-refractivity contribution in [1.29, 1.82) is 0 Å². The van der Waals surface area contributed by atoms with Gasteiger partial charge in [0.1, 0.15) is 0 Å². The molecule has 0 atom stereocenters. The van der Waals surface area contributed by atoms with E-state index in [1.54, 1.807) is 0 Å². The Morgan fingerprint density at radius 1 is 1.35 bits per heavy atom. The average molecular weight is 298 g/mol. The Hall–Kier alpha value is -1.26. The number of halogens is 1. The topological polar surface area (TPSA) is 44.4 Å². The van der Waals surface area contributed by atoms with E-state index in [2.05, 4.69) is 17.6 Å². The number of likely N-dealkylation sites (N-methyl/N-ethyl adjacent to an activating group) is 1. The van der Waals surface area contributed by atoms with E-state index >= 15 is 0 Å². The first-order chi connectivity index (χ1) is 9.58. The summed E-state index contributed by atoms with van der Waals surface area (Å²) >= 11 is 6.05. The lowest BCUT2D eigenvalue weighted by Crippen LogP contribution is -2.36. The molecule has 4 nitrogen and oxygen atoms in total. The van der Waals surface area contributed by atoms with Crippen molar-refractivity contribution in [2.45, 2.75) is 26.8 Å². The fraction of sp³-hybridized carbons (Fsp3) is 0.533. The number of carbonyl (C=O) groups is 1. The minimum absolute atomic E-state index is 0.0405. The van der Waals surface area contributed by atoms with Crippen LogP contribution >= 0.6 is 11.6 Å². The van der Waals surface area contributed by atoms with Crippen LogP contribution in [0, 0.1) is 0 Å². The summed E-state index contributed by atoms with van der Waals surface area (Å²) in [6.07, 6.45) is 0.946. The molecule has 1 aromatic carbocycles. The molecule has 0 aromatic heterocycles. The SMILES string of the molecule is CCCNC(=O)CN(C)c1ccc(Cl)cc1CNCC. The third-order valence-electron chi connectivity index (χ3n) is 2.97. The first-order valence-corrected chi connectivity index (χ1v) is 7.43. The van der Waals surface area contributed by atoms with E-state index in [4.69, 9.17) is 11.6 Å². The third kappa shape index (κ3) is 5.39. The van der Waals surface area contributed by atoms with Gasteiger partial charge >= 0.3 is 0 Å². The fourth-order valence-corrected chi connectivity index (χ4v) is 2.14. The highest BCUT2D eigenvalue weighted by Crippen LogP contribution is 2.23. The Morgan fingerprint density at radius 3 is 2.75 bits per heavy atom. The van der Waals surface area contributed by atoms with Crippen LogP contribution in [0.4, 0.5) is 5.69 Å². The summed E-state index contributed by atoms with van der Waals surface area (Å²) in [6, 6.07) is 5.76. The zero-order valence-electron chi connectivity index (χ0n) is 12.5. The maximum Gasteiger partial charge on any atom is 0.239 e. The standard InChI is InChI=1S/C15H24ClN3O/c1-4-8-18-15(20)11-19(3)14-7-6-13(16)9-12(14)10-17-5-2/h6-7,9,17H,4-5,8,10-11H2,1-3H3,(H,18,20). The van der Waals surface area contributed by atoms with E-state index in [1.807, 2.05) is 37.1 Å². The van der Waals surface area contributed by atoms with Crippen LogP contribution in [0.3, 0.4) is 0 Å². The van der Waals surface area contributed by atoms with Crippen LogP contribution in [0.2, 0.25) is 5.02 Å². The van der Waals surface area contributed by atoms with Gasteiger partial charge in [0, 0.05) is 30.8 Å². The number of amides is 1. The first-order valence-electron chi connectivity index (χ1n) is 7.05. The molecule has 0 saturated carbocycles. The van der Waals surface area contributed by atoms with Gasteiger partial charge in [0.15, 0.2) is 0 Å². The summed E-state index contributed by atoms with van der Waals surface area (Å²) < 4.78 is 0. The summed E-state index contributed by atoms with van der Waals surface area (Å²) in [6.45, 7) is 6.81. The molecule has 2 N–H and O–H groups in total. The molecule has 0 aliphatic rings. The lowest BCUT2D eigenvalue weighted by molar-refractivity contribution is -0.119. The van der Waals surface area contributed by atoms with Crippen LogP contribution in [0.15, 0.2) is 18.2 Å². The average Bonchev–Trinajstić information content (AvgIpc) is 2.42. The smallest absolute Gasteiger partial charge is 0.239 e. The van der Waals surface area contributed by atoms with Crippen molar-refractivity contribution in [3.05, 3.63) is 28.8 Å². The zero-order chi connectivity index (χ0) is 15.0. The molecule has 5 heteroatoms. The minimum Gasteiger partial charge on any atom is -0.365 e. The molecular formula is C15H24ClN3O. The number of anilines is 1. The number of benzene rings is 1. The predicted molar refractivity (Wildman–Crippen MR) is 85.4 cm³/mol.